The Hall–Kier alpha value is -1.30. The molecule has 0 bridgehead atoms. The summed E-state index contributed by atoms with van der Waals surface area (Å²) < 4.78 is 14.0. The molecule has 0 fully saturated rings. The molecule has 0 saturated carbocycles. The van der Waals surface area contributed by atoms with E-state index >= 15 is 0 Å². The monoisotopic (exact) mass is 328 g/mol. The second kappa shape index (κ2) is 4.69. The van der Waals surface area contributed by atoms with Gasteiger partial charge in [0.1, 0.15) is 5.82 Å². The van der Waals surface area contributed by atoms with Gasteiger partial charge in [0, 0.05) is 9.26 Å². The van der Waals surface area contributed by atoms with E-state index in [0.29, 0.717) is 11.4 Å². The lowest BCUT2D eigenvalue weighted by Gasteiger charge is -2.09. The van der Waals surface area contributed by atoms with Crippen LogP contribution < -0.4 is 11.1 Å². The van der Waals surface area contributed by atoms with Crippen molar-refractivity contribution in [2.75, 3.05) is 11.1 Å². The SMILES string of the molecule is Nc1cc(F)ccc1Nc1ccc(I)cc1. The molecule has 4 heteroatoms. The van der Waals surface area contributed by atoms with Crippen molar-refractivity contribution in [2.45, 2.75) is 0 Å². The highest BCUT2D eigenvalue weighted by molar-refractivity contribution is 14.1. The fourth-order valence-electron chi connectivity index (χ4n) is 1.34. The highest BCUT2D eigenvalue weighted by atomic mass is 127. The number of nitrogens with two attached hydrogens (primary N) is 1. The number of benzene rings is 2. The summed E-state index contributed by atoms with van der Waals surface area (Å²) in [6, 6.07) is 12.2. The minimum absolute atomic E-state index is 0.328. The number of nitrogens with one attached hydrogen (secondary N) is 1. The molecule has 0 radical (unpaired) electrons. The fraction of sp³-hybridized carbons (Fsp3) is 0. The van der Waals surface area contributed by atoms with Crippen LogP contribution in [0.3, 0.4) is 0 Å². The van der Waals surface area contributed by atoms with Crippen molar-refractivity contribution >= 4 is 39.7 Å². The Bertz CT molecular complexity index is 497. The van der Waals surface area contributed by atoms with Gasteiger partial charge in [0.05, 0.1) is 11.4 Å². The number of rotatable bonds is 2. The number of hydrogen-bond acceptors (Lipinski definition) is 2. The van der Waals surface area contributed by atoms with Gasteiger partial charge in [-0.2, -0.15) is 0 Å². The molecule has 16 heavy (non-hydrogen) atoms. The molecule has 0 aliphatic rings. The summed E-state index contributed by atoms with van der Waals surface area (Å²) >= 11 is 2.24. The van der Waals surface area contributed by atoms with Crippen molar-refractivity contribution in [3.05, 3.63) is 51.9 Å². The Morgan fingerprint density at radius 2 is 1.75 bits per heavy atom. The molecule has 2 nitrogen and oxygen atoms in total. The van der Waals surface area contributed by atoms with E-state index in [-0.39, 0.29) is 5.82 Å². The van der Waals surface area contributed by atoms with Crippen LogP contribution in [0.2, 0.25) is 0 Å². The largest absolute Gasteiger partial charge is 0.397 e. The van der Waals surface area contributed by atoms with Crippen LogP contribution in [0.4, 0.5) is 21.5 Å². The summed E-state index contributed by atoms with van der Waals surface area (Å²) in [5, 5.41) is 3.13. The highest BCUT2D eigenvalue weighted by Gasteiger charge is 2.00. The van der Waals surface area contributed by atoms with Crippen LogP contribution in [0, 0.1) is 9.39 Å². The summed E-state index contributed by atoms with van der Waals surface area (Å²) in [6.07, 6.45) is 0. The molecular formula is C12H10FIN2. The molecule has 0 unspecified atom stereocenters. The van der Waals surface area contributed by atoms with E-state index in [4.69, 9.17) is 5.73 Å². The molecule has 2 rings (SSSR count). The third-order valence-electron chi connectivity index (χ3n) is 2.14. The minimum atomic E-state index is -0.328. The maximum atomic E-state index is 12.8. The summed E-state index contributed by atoms with van der Waals surface area (Å²) in [4.78, 5) is 0. The van der Waals surface area contributed by atoms with Crippen LogP contribution in [0.25, 0.3) is 0 Å². The van der Waals surface area contributed by atoms with E-state index in [1.165, 1.54) is 12.1 Å². The number of halogens is 2. The van der Waals surface area contributed by atoms with Crippen LogP contribution in [0.5, 0.6) is 0 Å². The molecule has 0 heterocycles. The Morgan fingerprint density at radius 1 is 1.06 bits per heavy atom. The van der Waals surface area contributed by atoms with Crippen molar-refractivity contribution in [1.29, 1.82) is 0 Å². The van der Waals surface area contributed by atoms with Crippen molar-refractivity contribution < 1.29 is 4.39 Å². The molecule has 0 saturated heterocycles. The summed E-state index contributed by atoms with van der Waals surface area (Å²) in [7, 11) is 0. The lowest BCUT2D eigenvalue weighted by atomic mass is 10.2. The Balaban J connectivity index is 2.23. The van der Waals surface area contributed by atoms with Gasteiger partial charge in [-0.05, 0) is 65.1 Å². The Labute approximate surface area is 107 Å². The molecule has 0 atom stereocenters. The molecule has 0 aliphatic heterocycles. The summed E-state index contributed by atoms with van der Waals surface area (Å²) in [6.45, 7) is 0. The lowest BCUT2D eigenvalue weighted by molar-refractivity contribution is 0.628. The van der Waals surface area contributed by atoms with Crippen molar-refractivity contribution in [2.24, 2.45) is 0 Å². The third-order valence-corrected chi connectivity index (χ3v) is 2.86. The van der Waals surface area contributed by atoms with E-state index < -0.39 is 0 Å². The van der Waals surface area contributed by atoms with E-state index in [9.17, 15) is 4.39 Å². The smallest absolute Gasteiger partial charge is 0.125 e. The zero-order chi connectivity index (χ0) is 11.5. The van der Waals surface area contributed by atoms with Gasteiger partial charge in [0.15, 0.2) is 0 Å². The first kappa shape index (κ1) is 11.2. The van der Waals surface area contributed by atoms with E-state index in [1.807, 2.05) is 24.3 Å². The quantitative estimate of drug-likeness (QED) is 0.651. The molecule has 0 amide bonds. The Morgan fingerprint density at radius 3 is 2.38 bits per heavy atom. The standard InChI is InChI=1S/C12H10FIN2/c13-8-1-6-12(11(15)7-8)16-10-4-2-9(14)3-5-10/h1-7,16H,15H2. The number of anilines is 3. The summed E-state index contributed by atoms with van der Waals surface area (Å²) in [5.74, 6) is -0.328. The second-order valence-corrected chi connectivity index (χ2v) is 4.61. The lowest BCUT2D eigenvalue weighted by Crippen LogP contribution is -1.96. The van der Waals surface area contributed by atoms with E-state index in [1.54, 1.807) is 6.07 Å². The van der Waals surface area contributed by atoms with E-state index in [2.05, 4.69) is 27.9 Å². The molecule has 82 valence electrons. The maximum absolute atomic E-state index is 12.8. The predicted molar refractivity (Wildman–Crippen MR) is 73.3 cm³/mol. The van der Waals surface area contributed by atoms with Crippen molar-refractivity contribution in [1.82, 2.24) is 0 Å². The van der Waals surface area contributed by atoms with Gasteiger partial charge in [-0.15, -0.1) is 0 Å². The van der Waals surface area contributed by atoms with Gasteiger partial charge in [0.2, 0.25) is 0 Å². The van der Waals surface area contributed by atoms with Gasteiger partial charge in [-0.3, -0.25) is 0 Å². The number of nitrogen functional groups attached to an aromatic ring is 1. The molecule has 0 aromatic heterocycles. The fourth-order valence-corrected chi connectivity index (χ4v) is 1.70. The molecule has 0 spiro atoms. The van der Waals surface area contributed by atoms with Gasteiger partial charge < -0.3 is 11.1 Å². The zero-order valence-corrected chi connectivity index (χ0v) is 10.5. The number of hydrogen-bond donors (Lipinski definition) is 2. The predicted octanol–water partition coefficient (Wildman–Crippen LogP) is 3.76. The minimum Gasteiger partial charge on any atom is -0.397 e. The molecule has 3 N–H and O–H groups in total. The summed E-state index contributed by atoms with van der Waals surface area (Å²) in [5.41, 5.74) is 7.74. The van der Waals surface area contributed by atoms with Gasteiger partial charge >= 0.3 is 0 Å². The Kier molecular flexibility index (Phi) is 3.28. The molecule has 2 aromatic rings. The van der Waals surface area contributed by atoms with Gasteiger partial charge in [0.25, 0.3) is 0 Å². The van der Waals surface area contributed by atoms with Crippen LogP contribution in [-0.2, 0) is 0 Å². The van der Waals surface area contributed by atoms with Crippen molar-refractivity contribution in [3.8, 4) is 0 Å². The van der Waals surface area contributed by atoms with Crippen LogP contribution in [0.15, 0.2) is 42.5 Å². The highest BCUT2D eigenvalue weighted by Crippen LogP contribution is 2.24. The molecule has 0 aliphatic carbocycles. The maximum Gasteiger partial charge on any atom is 0.125 e. The van der Waals surface area contributed by atoms with Crippen molar-refractivity contribution in [3.63, 3.8) is 0 Å². The topological polar surface area (TPSA) is 38.0 Å². The first-order chi connectivity index (χ1) is 7.65. The zero-order valence-electron chi connectivity index (χ0n) is 8.37. The first-order valence-corrected chi connectivity index (χ1v) is 5.80. The van der Waals surface area contributed by atoms with Crippen LogP contribution in [0.1, 0.15) is 0 Å². The van der Waals surface area contributed by atoms with Gasteiger partial charge in [-0.25, -0.2) is 4.39 Å². The molecule has 2 aromatic carbocycles. The molecular weight excluding hydrogens is 318 g/mol. The average molecular weight is 328 g/mol. The second-order valence-electron chi connectivity index (χ2n) is 3.36. The van der Waals surface area contributed by atoms with Gasteiger partial charge in [-0.1, -0.05) is 0 Å². The normalized spacial score (nSPS) is 10.1. The average Bonchev–Trinajstić information content (AvgIpc) is 2.25. The third kappa shape index (κ3) is 2.63. The van der Waals surface area contributed by atoms with Crippen LogP contribution >= 0.6 is 22.6 Å². The van der Waals surface area contributed by atoms with Crippen LogP contribution in [-0.4, -0.2) is 0 Å². The van der Waals surface area contributed by atoms with E-state index in [0.717, 1.165) is 9.26 Å². The first-order valence-electron chi connectivity index (χ1n) is 4.73.